The molecule has 1 aromatic heterocycles. The minimum absolute atomic E-state index is 0.401. The van der Waals surface area contributed by atoms with Crippen molar-refractivity contribution in [2.45, 2.75) is 58.3 Å². The molecule has 2 heteroatoms. The molecular formula is C15H23NO. The second kappa shape index (κ2) is 8.91. The van der Waals surface area contributed by atoms with Crippen molar-refractivity contribution < 1.29 is 4.79 Å². The molecule has 0 radical (unpaired) electrons. The van der Waals surface area contributed by atoms with Gasteiger partial charge in [0.1, 0.15) is 5.78 Å². The number of nitrogens with zero attached hydrogens (tertiary/aromatic N) is 1. The lowest BCUT2D eigenvalue weighted by atomic mass is 10.0. The average Bonchev–Trinajstić information content (AvgIpc) is 2.37. The molecule has 1 rings (SSSR count). The van der Waals surface area contributed by atoms with Crippen molar-refractivity contribution in [2.75, 3.05) is 0 Å². The summed E-state index contributed by atoms with van der Waals surface area (Å²) in [6, 6.07) is 3.96. The normalized spacial score (nSPS) is 10.4. The molecule has 0 aliphatic carbocycles. The van der Waals surface area contributed by atoms with Gasteiger partial charge in [-0.2, -0.15) is 0 Å². The van der Waals surface area contributed by atoms with E-state index in [4.69, 9.17) is 0 Å². The highest BCUT2D eigenvalue weighted by molar-refractivity contribution is 5.78. The third-order valence-corrected chi connectivity index (χ3v) is 3.00. The molecule has 0 fully saturated rings. The number of carbonyl (C=O) groups excluding carboxylic acids is 1. The zero-order valence-corrected chi connectivity index (χ0v) is 10.8. The largest absolute Gasteiger partial charge is 0.300 e. The molecule has 2 nitrogen and oxygen atoms in total. The van der Waals surface area contributed by atoms with Crippen LogP contribution in [0, 0.1) is 0 Å². The van der Waals surface area contributed by atoms with Crippen molar-refractivity contribution in [2.24, 2.45) is 0 Å². The van der Waals surface area contributed by atoms with E-state index in [1.54, 1.807) is 12.4 Å². The molecule has 0 atom stereocenters. The number of carbonyl (C=O) groups is 1. The number of aromatic nitrogens is 1. The minimum atomic E-state index is 0.401. The van der Waals surface area contributed by atoms with Crippen molar-refractivity contribution in [1.29, 1.82) is 0 Å². The SMILES string of the molecule is CCCCCCCC(=O)CCc1ccncc1. The Morgan fingerprint density at radius 2 is 1.76 bits per heavy atom. The Hall–Kier alpha value is -1.18. The molecule has 0 aliphatic rings. The number of aryl methyl sites for hydroxylation is 1. The van der Waals surface area contributed by atoms with E-state index in [1.807, 2.05) is 12.1 Å². The molecule has 17 heavy (non-hydrogen) atoms. The topological polar surface area (TPSA) is 30.0 Å². The van der Waals surface area contributed by atoms with E-state index in [-0.39, 0.29) is 0 Å². The maximum atomic E-state index is 11.6. The zero-order chi connectivity index (χ0) is 12.3. The molecule has 1 heterocycles. The highest BCUT2D eigenvalue weighted by Crippen LogP contribution is 2.08. The summed E-state index contributed by atoms with van der Waals surface area (Å²) >= 11 is 0. The summed E-state index contributed by atoms with van der Waals surface area (Å²) in [5, 5.41) is 0. The van der Waals surface area contributed by atoms with Crippen molar-refractivity contribution in [3.05, 3.63) is 30.1 Å². The molecule has 0 aliphatic heterocycles. The van der Waals surface area contributed by atoms with Crippen LogP contribution >= 0.6 is 0 Å². The molecule has 0 aromatic carbocycles. The van der Waals surface area contributed by atoms with E-state index in [9.17, 15) is 4.79 Å². The fraction of sp³-hybridized carbons (Fsp3) is 0.600. The number of unbranched alkanes of at least 4 members (excludes halogenated alkanes) is 4. The molecule has 0 amide bonds. The molecule has 0 bridgehead atoms. The predicted molar refractivity (Wildman–Crippen MR) is 70.9 cm³/mol. The van der Waals surface area contributed by atoms with Crippen LogP contribution in [0.1, 0.15) is 57.4 Å². The van der Waals surface area contributed by atoms with Crippen LogP contribution in [0.15, 0.2) is 24.5 Å². The van der Waals surface area contributed by atoms with Crippen LogP contribution in [0.2, 0.25) is 0 Å². The third-order valence-electron chi connectivity index (χ3n) is 3.00. The van der Waals surface area contributed by atoms with Gasteiger partial charge < -0.3 is 0 Å². The Morgan fingerprint density at radius 1 is 1.06 bits per heavy atom. The zero-order valence-electron chi connectivity index (χ0n) is 10.8. The number of hydrogen-bond acceptors (Lipinski definition) is 2. The van der Waals surface area contributed by atoms with Crippen LogP contribution < -0.4 is 0 Å². The number of hydrogen-bond donors (Lipinski definition) is 0. The van der Waals surface area contributed by atoms with Crippen LogP contribution in [-0.2, 0) is 11.2 Å². The highest BCUT2D eigenvalue weighted by atomic mass is 16.1. The van der Waals surface area contributed by atoms with Crippen LogP contribution in [0.5, 0.6) is 0 Å². The van der Waals surface area contributed by atoms with Gasteiger partial charge in [-0.15, -0.1) is 0 Å². The van der Waals surface area contributed by atoms with Gasteiger partial charge in [-0.25, -0.2) is 0 Å². The monoisotopic (exact) mass is 233 g/mol. The highest BCUT2D eigenvalue weighted by Gasteiger charge is 2.02. The first-order chi connectivity index (χ1) is 8.33. The Bertz CT molecular complexity index is 308. The first kappa shape index (κ1) is 13.9. The summed E-state index contributed by atoms with van der Waals surface area (Å²) in [4.78, 5) is 15.6. The Labute approximate surface area is 104 Å². The van der Waals surface area contributed by atoms with E-state index in [0.29, 0.717) is 12.2 Å². The number of ketones is 1. The third kappa shape index (κ3) is 6.88. The quantitative estimate of drug-likeness (QED) is 0.605. The summed E-state index contributed by atoms with van der Waals surface area (Å²) in [7, 11) is 0. The molecule has 1 aromatic rings. The first-order valence-corrected chi connectivity index (χ1v) is 6.73. The van der Waals surface area contributed by atoms with Crippen LogP contribution in [0.3, 0.4) is 0 Å². The van der Waals surface area contributed by atoms with E-state index in [0.717, 1.165) is 19.3 Å². The molecule has 0 saturated carbocycles. The fourth-order valence-electron chi connectivity index (χ4n) is 1.88. The fourth-order valence-corrected chi connectivity index (χ4v) is 1.88. The second-order valence-corrected chi connectivity index (χ2v) is 4.56. The van der Waals surface area contributed by atoms with Crippen LogP contribution in [0.25, 0.3) is 0 Å². The first-order valence-electron chi connectivity index (χ1n) is 6.73. The van der Waals surface area contributed by atoms with Gasteiger partial charge in [0.2, 0.25) is 0 Å². The Balaban J connectivity index is 2.05. The lowest BCUT2D eigenvalue weighted by molar-refractivity contribution is -0.119. The van der Waals surface area contributed by atoms with Gasteiger partial charge in [-0.3, -0.25) is 9.78 Å². The van der Waals surface area contributed by atoms with Crippen molar-refractivity contribution in [1.82, 2.24) is 4.98 Å². The summed E-state index contributed by atoms with van der Waals surface area (Å²) in [6.07, 6.45) is 12.0. The van der Waals surface area contributed by atoms with Gasteiger partial charge >= 0.3 is 0 Å². The average molecular weight is 233 g/mol. The maximum Gasteiger partial charge on any atom is 0.133 e. The Kier molecular flexibility index (Phi) is 7.28. The number of pyridine rings is 1. The Morgan fingerprint density at radius 3 is 2.47 bits per heavy atom. The van der Waals surface area contributed by atoms with Gasteiger partial charge in [-0.05, 0) is 30.5 Å². The van der Waals surface area contributed by atoms with Gasteiger partial charge in [-0.1, -0.05) is 32.6 Å². The van der Waals surface area contributed by atoms with E-state index >= 15 is 0 Å². The van der Waals surface area contributed by atoms with Crippen molar-refractivity contribution in [3.63, 3.8) is 0 Å². The van der Waals surface area contributed by atoms with Crippen molar-refractivity contribution in [3.8, 4) is 0 Å². The van der Waals surface area contributed by atoms with E-state index < -0.39 is 0 Å². The summed E-state index contributed by atoms with van der Waals surface area (Å²) < 4.78 is 0. The van der Waals surface area contributed by atoms with E-state index in [2.05, 4.69) is 11.9 Å². The summed E-state index contributed by atoms with van der Waals surface area (Å²) in [6.45, 7) is 2.21. The summed E-state index contributed by atoms with van der Waals surface area (Å²) in [5.74, 6) is 0.401. The maximum absolute atomic E-state index is 11.6. The smallest absolute Gasteiger partial charge is 0.133 e. The molecular weight excluding hydrogens is 210 g/mol. The minimum Gasteiger partial charge on any atom is -0.300 e. The number of rotatable bonds is 9. The lowest BCUT2D eigenvalue weighted by Crippen LogP contribution is -2.00. The second-order valence-electron chi connectivity index (χ2n) is 4.56. The predicted octanol–water partition coefficient (Wildman–Crippen LogP) is 3.94. The molecule has 0 spiro atoms. The van der Waals surface area contributed by atoms with Crippen LogP contribution in [-0.4, -0.2) is 10.8 Å². The van der Waals surface area contributed by atoms with E-state index in [1.165, 1.54) is 31.2 Å². The summed E-state index contributed by atoms with van der Waals surface area (Å²) in [5.41, 5.74) is 1.21. The lowest BCUT2D eigenvalue weighted by Gasteiger charge is -2.01. The standard InChI is InChI=1S/C15H23NO/c1-2-3-4-5-6-7-15(17)9-8-14-10-12-16-13-11-14/h10-13H,2-9H2,1H3. The van der Waals surface area contributed by atoms with Gasteiger partial charge in [0, 0.05) is 25.2 Å². The molecule has 0 saturated heterocycles. The van der Waals surface area contributed by atoms with Gasteiger partial charge in [0.25, 0.3) is 0 Å². The van der Waals surface area contributed by atoms with Crippen LogP contribution in [0.4, 0.5) is 0 Å². The molecule has 0 N–H and O–H groups in total. The van der Waals surface area contributed by atoms with Crippen molar-refractivity contribution >= 4 is 5.78 Å². The molecule has 94 valence electrons. The number of Topliss-reactive ketones (excluding diaryl/α,β-unsaturated/α-hetero) is 1. The van der Waals surface area contributed by atoms with Gasteiger partial charge in [0.05, 0.1) is 0 Å². The van der Waals surface area contributed by atoms with Gasteiger partial charge in [0.15, 0.2) is 0 Å². The molecule has 0 unspecified atom stereocenters.